The third kappa shape index (κ3) is 4.66. The second-order valence-electron chi connectivity index (χ2n) is 5.37. The Morgan fingerprint density at radius 1 is 1.30 bits per heavy atom. The molecule has 1 aromatic heterocycles. The van der Waals surface area contributed by atoms with Gasteiger partial charge in [-0.3, -0.25) is 4.79 Å². The fourth-order valence-corrected chi connectivity index (χ4v) is 2.31. The highest BCUT2D eigenvalue weighted by molar-refractivity contribution is 6.33. The lowest BCUT2D eigenvalue weighted by Gasteiger charge is -2.18. The van der Waals surface area contributed by atoms with Crippen LogP contribution in [0.25, 0.3) is 0 Å². The molecule has 1 N–H and O–H groups in total. The largest absolute Gasteiger partial charge is 0.360 e. The lowest BCUT2D eigenvalue weighted by Crippen LogP contribution is -2.22. The highest BCUT2D eigenvalue weighted by Gasteiger charge is 2.13. The van der Waals surface area contributed by atoms with Crippen LogP contribution in [0.2, 0.25) is 5.02 Å². The number of benzene rings is 1. The minimum absolute atomic E-state index is 0.297. The quantitative estimate of drug-likeness (QED) is 0.870. The number of amides is 1. The molecular formula is C17H21ClN4O. The molecule has 0 fully saturated rings. The molecule has 0 unspecified atom stereocenters. The molecule has 23 heavy (non-hydrogen) atoms. The number of carbonyl (C=O) groups excluding carboxylic acids is 1. The number of hydrogen-bond acceptors (Lipinski definition) is 4. The van der Waals surface area contributed by atoms with Gasteiger partial charge in [0, 0.05) is 19.7 Å². The van der Waals surface area contributed by atoms with Crippen molar-refractivity contribution in [3.8, 4) is 0 Å². The van der Waals surface area contributed by atoms with Crippen LogP contribution in [-0.2, 0) is 0 Å². The Hall–Kier alpha value is -2.14. The minimum Gasteiger partial charge on any atom is -0.360 e. The molecule has 6 heteroatoms. The van der Waals surface area contributed by atoms with Gasteiger partial charge >= 0.3 is 0 Å². The molecule has 122 valence electrons. The number of aryl methyl sites for hydroxylation is 1. The van der Waals surface area contributed by atoms with Crippen LogP contribution in [0.5, 0.6) is 0 Å². The van der Waals surface area contributed by atoms with Crippen LogP contribution in [0.15, 0.2) is 30.3 Å². The van der Waals surface area contributed by atoms with Crippen LogP contribution in [0, 0.1) is 6.92 Å². The lowest BCUT2D eigenvalue weighted by molar-refractivity contribution is 0.102. The molecule has 1 aromatic carbocycles. The van der Waals surface area contributed by atoms with Crippen molar-refractivity contribution in [1.82, 2.24) is 9.97 Å². The molecule has 1 amide bonds. The van der Waals surface area contributed by atoms with Gasteiger partial charge in [0.05, 0.1) is 10.7 Å². The number of para-hydroxylation sites is 1. The van der Waals surface area contributed by atoms with E-state index >= 15 is 0 Å². The first-order valence-electron chi connectivity index (χ1n) is 7.64. The van der Waals surface area contributed by atoms with Gasteiger partial charge in [-0.15, -0.1) is 0 Å². The fourth-order valence-electron chi connectivity index (χ4n) is 2.12. The second-order valence-corrected chi connectivity index (χ2v) is 5.77. The number of nitrogens with zero attached hydrogens (tertiary/aromatic N) is 3. The van der Waals surface area contributed by atoms with E-state index in [9.17, 15) is 4.79 Å². The monoisotopic (exact) mass is 332 g/mol. The molecule has 0 radical (unpaired) electrons. The summed E-state index contributed by atoms with van der Waals surface area (Å²) in [5.74, 6) is 1.01. The van der Waals surface area contributed by atoms with Gasteiger partial charge in [-0.2, -0.15) is 0 Å². The zero-order valence-electron chi connectivity index (χ0n) is 13.6. The van der Waals surface area contributed by atoms with Gasteiger partial charge in [-0.1, -0.05) is 37.1 Å². The molecule has 2 rings (SSSR count). The van der Waals surface area contributed by atoms with E-state index in [-0.39, 0.29) is 5.91 Å². The summed E-state index contributed by atoms with van der Waals surface area (Å²) in [7, 11) is 1.97. The van der Waals surface area contributed by atoms with E-state index in [0.29, 0.717) is 22.2 Å². The third-order valence-corrected chi connectivity index (χ3v) is 3.75. The number of rotatable bonds is 6. The van der Waals surface area contributed by atoms with Crippen molar-refractivity contribution in [3.05, 3.63) is 46.9 Å². The number of hydrogen-bond donors (Lipinski definition) is 1. The molecule has 0 saturated carbocycles. The van der Waals surface area contributed by atoms with E-state index in [1.807, 2.05) is 24.1 Å². The Morgan fingerprint density at radius 3 is 2.74 bits per heavy atom. The maximum absolute atomic E-state index is 12.4. The smallest absolute Gasteiger partial charge is 0.274 e. The molecular weight excluding hydrogens is 312 g/mol. The van der Waals surface area contributed by atoms with Crippen LogP contribution in [0.3, 0.4) is 0 Å². The van der Waals surface area contributed by atoms with E-state index in [2.05, 4.69) is 22.2 Å². The van der Waals surface area contributed by atoms with Gasteiger partial charge in [0.15, 0.2) is 0 Å². The Balaban J connectivity index is 2.20. The number of anilines is 2. The van der Waals surface area contributed by atoms with Crippen LogP contribution >= 0.6 is 11.6 Å². The van der Waals surface area contributed by atoms with Crippen LogP contribution in [0.4, 0.5) is 11.5 Å². The predicted octanol–water partition coefficient (Wildman–Crippen LogP) is 3.93. The molecule has 0 bridgehead atoms. The van der Waals surface area contributed by atoms with Crippen LogP contribution in [0.1, 0.15) is 36.1 Å². The Bertz CT molecular complexity index is 690. The second kappa shape index (κ2) is 7.92. The Kier molecular flexibility index (Phi) is 5.93. The first-order chi connectivity index (χ1) is 11.0. The first kappa shape index (κ1) is 17.2. The van der Waals surface area contributed by atoms with Gasteiger partial charge in [0.1, 0.15) is 17.3 Å². The van der Waals surface area contributed by atoms with E-state index in [4.69, 9.17) is 11.6 Å². The predicted molar refractivity (Wildman–Crippen MR) is 94.4 cm³/mol. The van der Waals surface area contributed by atoms with Crippen molar-refractivity contribution in [2.75, 3.05) is 23.8 Å². The maximum Gasteiger partial charge on any atom is 0.274 e. The van der Waals surface area contributed by atoms with E-state index in [1.54, 1.807) is 25.1 Å². The summed E-state index contributed by atoms with van der Waals surface area (Å²) < 4.78 is 0. The third-order valence-electron chi connectivity index (χ3n) is 3.42. The van der Waals surface area contributed by atoms with Crippen LogP contribution < -0.4 is 10.2 Å². The average molecular weight is 333 g/mol. The average Bonchev–Trinajstić information content (AvgIpc) is 2.54. The van der Waals surface area contributed by atoms with Crippen molar-refractivity contribution in [2.45, 2.75) is 26.7 Å². The standard InChI is InChI=1S/C17H21ClN4O/c1-4-5-10-22(3)16-11-15(19-12(2)20-16)17(23)21-14-9-7-6-8-13(14)18/h6-9,11H,4-5,10H2,1-3H3,(H,21,23). The summed E-state index contributed by atoms with van der Waals surface area (Å²) in [4.78, 5) is 23.1. The van der Waals surface area contributed by atoms with E-state index in [0.717, 1.165) is 25.2 Å². The number of nitrogens with one attached hydrogen (secondary N) is 1. The Labute approximate surface area is 141 Å². The van der Waals surface area contributed by atoms with Gasteiger partial charge in [0.25, 0.3) is 5.91 Å². The summed E-state index contributed by atoms with van der Waals surface area (Å²) in [6.07, 6.45) is 2.18. The highest BCUT2D eigenvalue weighted by Crippen LogP contribution is 2.21. The molecule has 0 aliphatic rings. The van der Waals surface area contributed by atoms with Crippen molar-refractivity contribution in [1.29, 1.82) is 0 Å². The summed E-state index contributed by atoms with van der Waals surface area (Å²) in [6.45, 7) is 4.81. The van der Waals surface area contributed by atoms with Gasteiger partial charge in [-0.05, 0) is 25.5 Å². The van der Waals surface area contributed by atoms with Gasteiger partial charge in [0.2, 0.25) is 0 Å². The zero-order valence-corrected chi connectivity index (χ0v) is 14.4. The molecule has 0 aliphatic heterocycles. The van der Waals surface area contributed by atoms with Crippen molar-refractivity contribution >= 4 is 29.0 Å². The molecule has 2 aromatic rings. The normalized spacial score (nSPS) is 10.4. The van der Waals surface area contributed by atoms with Gasteiger partial charge in [-0.25, -0.2) is 9.97 Å². The van der Waals surface area contributed by atoms with Crippen LogP contribution in [-0.4, -0.2) is 29.5 Å². The summed E-state index contributed by atoms with van der Waals surface area (Å²) >= 11 is 6.07. The summed E-state index contributed by atoms with van der Waals surface area (Å²) in [5, 5.41) is 3.28. The number of halogens is 1. The van der Waals surface area contributed by atoms with Crippen molar-refractivity contribution in [2.24, 2.45) is 0 Å². The molecule has 1 heterocycles. The Morgan fingerprint density at radius 2 is 2.04 bits per heavy atom. The number of aromatic nitrogens is 2. The zero-order chi connectivity index (χ0) is 16.8. The molecule has 0 saturated heterocycles. The topological polar surface area (TPSA) is 58.1 Å². The number of unbranched alkanes of at least 4 members (excludes halogenated alkanes) is 1. The first-order valence-corrected chi connectivity index (χ1v) is 8.01. The van der Waals surface area contributed by atoms with E-state index < -0.39 is 0 Å². The number of carbonyl (C=O) groups is 1. The van der Waals surface area contributed by atoms with E-state index in [1.165, 1.54) is 0 Å². The van der Waals surface area contributed by atoms with Gasteiger partial charge < -0.3 is 10.2 Å². The molecule has 0 spiro atoms. The molecule has 0 atom stereocenters. The SMILES string of the molecule is CCCCN(C)c1cc(C(=O)Nc2ccccc2Cl)nc(C)n1. The summed E-state index contributed by atoms with van der Waals surface area (Å²) in [5.41, 5.74) is 0.895. The fraction of sp³-hybridized carbons (Fsp3) is 0.353. The molecule has 5 nitrogen and oxygen atoms in total. The lowest BCUT2D eigenvalue weighted by atomic mass is 10.2. The highest BCUT2D eigenvalue weighted by atomic mass is 35.5. The van der Waals surface area contributed by atoms with Crippen molar-refractivity contribution < 1.29 is 4.79 Å². The molecule has 0 aliphatic carbocycles. The summed E-state index contributed by atoms with van der Waals surface area (Å²) in [6, 6.07) is 8.81. The maximum atomic E-state index is 12.4. The minimum atomic E-state index is -0.297. The van der Waals surface area contributed by atoms with Crippen molar-refractivity contribution in [3.63, 3.8) is 0 Å².